The van der Waals surface area contributed by atoms with E-state index in [0.29, 0.717) is 12.1 Å². The Kier molecular flexibility index (Phi) is 5.75. The van der Waals surface area contributed by atoms with Gasteiger partial charge >= 0.3 is 5.97 Å². The van der Waals surface area contributed by atoms with Gasteiger partial charge in [0.2, 0.25) is 0 Å². The Morgan fingerprint density at radius 3 is 1.75 bits per heavy atom. The summed E-state index contributed by atoms with van der Waals surface area (Å²) in [6.07, 6.45) is -0.731. The molecule has 1 rings (SSSR count). The molecule has 0 bridgehead atoms. The van der Waals surface area contributed by atoms with Crippen LogP contribution in [0.2, 0.25) is 0 Å². The third-order valence-electron chi connectivity index (χ3n) is 2.39. The Labute approximate surface area is 119 Å². The molecule has 0 aliphatic carbocycles. The van der Waals surface area contributed by atoms with E-state index in [2.05, 4.69) is 0 Å². The molecule has 1 aromatic rings. The highest BCUT2D eigenvalue weighted by Crippen LogP contribution is 2.34. The Morgan fingerprint density at radius 1 is 0.900 bits per heavy atom. The SMILES string of the molecule is CC(C)OC(O[SiH3])(OC(C)C)c1cc(F)c(F)cc1F. The van der Waals surface area contributed by atoms with Gasteiger partial charge in [0, 0.05) is 6.07 Å². The zero-order valence-electron chi connectivity index (χ0n) is 12.2. The van der Waals surface area contributed by atoms with Crippen molar-refractivity contribution in [1.29, 1.82) is 0 Å². The van der Waals surface area contributed by atoms with E-state index in [4.69, 9.17) is 13.9 Å². The molecule has 20 heavy (non-hydrogen) atoms. The number of hydrogen-bond donors (Lipinski definition) is 0. The summed E-state index contributed by atoms with van der Waals surface area (Å²) in [4.78, 5) is 0. The van der Waals surface area contributed by atoms with Gasteiger partial charge in [0.25, 0.3) is 0 Å². The summed E-state index contributed by atoms with van der Waals surface area (Å²) in [6, 6.07) is 1.15. The summed E-state index contributed by atoms with van der Waals surface area (Å²) < 4.78 is 56.8. The molecular weight excluding hydrogens is 289 g/mol. The predicted octanol–water partition coefficient (Wildman–Crippen LogP) is 2.36. The lowest BCUT2D eigenvalue weighted by Crippen LogP contribution is -2.41. The van der Waals surface area contributed by atoms with Gasteiger partial charge in [-0.15, -0.1) is 0 Å². The van der Waals surface area contributed by atoms with Crippen LogP contribution in [0.5, 0.6) is 0 Å². The lowest BCUT2D eigenvalue weighted by molar-refractivity contribution is -0.379. The van der Waals surface area contributed by atoms with Gasteiger partial charge in [-0.05, 0) is 33.8 Å². The molecule has 0 N–H and O–H groups in total. The number of rotatable bonds is 6. The lowest BCUT2D eigenvalue weighted by Gasteiger charge is -2.36. The van der Waals surface area contributed by atoms with E-state index in [-0.39, 0.29) is 28.3 Å². The van der Waals surface area contributed by atoms with E-state index in [9.17, 15) is 13.2 Å². The van der Waals surface area contributed by atoms with Crippen molar-refractivity contribution in [2.24, 2.45) is 0 Å². The summed E-state index contributed by atoms with van der Waals surface area (Å²) in [5.41, 5.74) is -0.311. The van der Waals surface area contributed by atoms with Crippen LogP contribution < -0.4 is 0 Å². The van der Waals surface area contributed by atoms with Crippen molar-refractivity contribution in [2.45, 2.75) is 45.9 Å². The van der Waals surface area contributed by atoms with Crippen LogP contribution in [0.4, 0.5) is 13.2 Å². The standard InChI is InChI=1S/C13H19F3O3Si/c1-7(2)17-13(19-20,18-8(3)4)9-5-11(15)12(16)6-10(9)14/h5-8H,1-4,20H3. The van der Waals surface area contributed by atoms with Gasteiger partial charge in [0.15, 0.2) is 22.1 Å². The molecule has 0 saturated carbocycles. The first-order valence-corrected chi connectivity index (χ1v) is 7.09. The molecule has 0 radical (unpaired) electrons. The summed E-state index contributed by atoms with van der Waals surface area (Å²) in [5, 5.41) is 0. The molecule has 0 unspecified atom stereocenters. The minimum Gasteiger partial charge on any atom is -0.376 e. The molecule has 0 aliphatic heterocycles. The van der Waals surface area contributed by atoms with Crippen LogP contribution in [-0.4, -0.2) is 22.7 Å². The first-order chi connectivity index (χ1) is 9.21. The van der Waals surface area contributed by atoms with Gasteiger partial charge < -0.3 is 13.9 Å². The molecule has 0 fully saturated rings. The summed E-state index contributed by atoms with van der Waals surface area (Å²) in [5.74, 6) is -5.32. The van der Waals surface area contributed by atoms with Crippen molar-refractivity contribution in [3.8, 4) is 0 Å². The normalized spacial score (nSPS) is 12.7. The summed E-state index contributed by atoms with van der Waals surface area (Å²) in [7, 11) is 0.153. The number of hydrogen-bond acceptors (Lipinski definition) is 3. The fourth-order valence-electron chi connectivity index (χ4n) is 1.74. The van der Waals surface area contributed by atoms with Gasteiger partial charge in [-0.2, -0.15) is 0 Å². The van der Waals surface area contributed by atoms with E-state index in [1.807, 2.05) is 0 Å². The highest BCUT2D eigenvalue weighted by atomic mass is 28.2. The molecule has 0 spiro atoms. The quantitative estimate of drug-likeness (QED) is 0.459. The minimum atomic E-state index is -1.87. The highest BCUT2D eigenvalue weighted by Gasteiger charge is 2.40. The molecule has 0 aromatic heterocycles. The van der Waals surface area contributed by atoms with Crippen LogP contribution in [0.3, 0.4) is 0 Å². The van der Waals surface area contributed by atoms with E-state index in [1.54, 1.807) is 27.7 Å². The Bertz CT molecular complexity index is 456. The molecule has 0 amide bonds. The van der Waals surface area contributed by atoms with Crippen molar-refractivity contribution in [1.82, 2.24) is 0 Å². The average molecular weight is 308 g/mol. The van der Waals surface area contributed by atoms with Crippen LogP contribution in [0.1, 0.15) is 33.3 Å². The van der Waals surface area contributed by atoms with Crippen LogP contribution >= 0.6 is 0 Å². The van der Waals surface area contributed by atoms with Crippen LogP contribution in [0.15, 0.2) is 12.1 Å². The maximum Gasteiger partial charge on any atom is 0.305 e. The van der Waals surface area contributed by atoms with Gasteiger partial charge in [0.1, 0.15) is 5.82 Å². The molecular formula is C13H19F3O3Si. The first-order valence-electron chi connectivity index (χ1n) is 6.27. The molecule has 114 valence electrons. The molecule has 0 aliphatic rings. The molecule has 0 atom stereocenters. The number of ether oxygens (including phenoxy) is 2. The fourth-order valence-corrected chi connectivity index (χ4v) is 2.15. The zero-order valence-corrected chi connectivity index (χ0v) is 14.2. The highest BCUT2D eigenvalue weighted by molar-refractivity contribution is 5.98. The second-order valence-electron chi connectivity index (χ2n) is 4.84. The lowest BCUT2D eigenvalue weighted by atomic mass is 10.1. The van der Waals surface area contributed by atoms with Crippen molar-refractivity contribution >= 4 is 10.5 Å². The maximum absolute atomic E-state index is 14.0. The van der Waals surface area contributed by atoms with Crippen LogP contribution in [0.25, 0.3) is 0 Å². The van der Waals surface area contributed by atoms with Crippen molar-refractivity contribution in [2.75, 3.05) is 0 Å². The monoisotopic (exact) mass is 308 g/mol. The largest absolute Gasteiger partial charge is 0.376 e. The maximum atomic E-state index is 14.0. The second kappa shape index (κ2) is 6.71. The first kappa shape index (κ1) is 17.2. The predicted molar refractivity (Wildman–Crippen MR) is 71.5 cm³/mol. The van der Waals surface area contributed by atoms with Gasteiger partial charge in [-0.25, -0.2) is 13.2 Å². The van der Waals surface area contributed by atoms with E-state index in [0.717, 1.165) is 0 Å². The van der Waals surface area contributed by atoms with Crippen LogP contribution in [0, 0.1) is 17.5 Å². The van der Waals surface area contributed by atoms with Crippen molar-refractivity contribution in [3.63, 3.8) is 0 Å². The Hall–Kier alpha value is -0.893. The topological polar surface area (TPSA) is 27.7 Å². The third kappa shape index (κ3) is 3.82. The van der Waals surface area contributed by atoms with Crippen LogP contribution in [-0.2, 0) is 19.9 Å². The van der Waals surface area contributed by atoms with E-state index in [1.165, 1.54) is 0 Å². The Morgan fingerprint density at radius 2 is 1.35 bits per heavy atom. The zero-order chi connectivity index (χ0) is 15.5. The van der Waals surface area contributed by atoms with E-state index >= 15 is 0 Å². The number of halogens is 3. The molecule has 1 aromatic carbocycles. The number of benzene rings is 1. The Balaban J connectivity index is 3.38. The summed E-state index contributed by atoms with van der Waals surface area (Å²) >= 11 is 0. The average Bonchev–Trinajstić information content (AvgIpc) is 2.31. The van der Waals surface area contributed by atoms with Gasteiger partial charge in [-0.1, -0.05) is 0 Å². The van der Waals surface area contributed by atoms with Gasteiger partial charge in [0.05, 0.1) is 17.8 Å². The smallest absolute Gasteiger partial charge is 0.305 e. The van der Waals surface area contributed by atoms with E-state index < -0.39 is 23.4 Å². The van der Waals surface area contributed by atoms with Crippen molar-refractivity contribution < 1.29 is 27.1 Å². The molecule has 0 saturated heterocycles. The minimum absolute atomic E-state index is 0.153. The second-order valence-corrected chi connectivity index (χ2v) is 5.25. The van der Waals surface area contributed by atoms with Crippen molar-refractivity contribution in [3.05, 3.63) is 35.1 Å². The van der Waals surface area contributed by atoms with Gasteiger partial charge in [-0.3, -0.25) is 0 Å². The third-order valence-corrected chi connectivity index (χ3v) is 2.93. The fraction of sp³-hybridized carbons (Fsp3) is 0.538. The molecule has 3 nitrogen and oxygen atoms in total. The molecule has 7 heteroatoms. The molecule has 0 heterocycles. The summed E-state index contributed by atoms with van der Waals surface area (Å²) in [6.45, 7) is 6.82.